The number of nitro groups is 1. The van der Waals surface area contributed by atoms with E-state index in [4.69, 9.17) is 15.9 Å². The van der Waals surface area contributed by atoms with E-state index in [1.165, 1.54) is 30.3 Å². The monoisotopic (exact) mass is 638 g/mol. The lowest BCUT2D eigenvalue weighted by molar-refractivity contribution is -0.390. The van der Waals surface area contributed by atoms with Gasteiger partial charge in [-0.05, 0) is 46.3 Å². The predicted molar refractivity (Wildman–Crippen MR) is 167 cm³/mol. The van der Waals surface area contributed by atoms with Gasteiger partial charge in [-0.15, -0.1) is 6.42 Å². The molecule has 1 amide bonds. The van der Waals surface area contributed by atoms with E-state index in [0.717, 1.165) is 0 Å². The van der Waals surface area contributed by atoms with Gasteiger partial charge in [-0.25, -0.2) is 9.18 Å². The predicted octanol–water partition coefficient (Wildman–Crippen LogP) is 4.31. The van der Waals surface area contributed by atoms with Gasteiger partial charge in [0, 0.05) is 42.8 Å². The summed E-state index contributed by atoms with van der Waals surface area (Å²) in [5, 5.41) is 23.3. The van der Waals surface area contributed by atoms with Gasteiger partial charge in [0.2, 0.25) is 6.33 Å². The summed E-state index contributed by atoms with van der Waals surface area (Å²) in [7, 11) is 2.98. The van der Waals surface area contributed by atoms with Crippen molar-refractivity contribution >= 4 is 39.4 Å². The van der Waals surface area contributed by atoms with E-state index >= 15 is 4.39 Å². The maximum atomic E-state index is 16.5. The number of piperazine rings is 1. The topological polar surface area (TPSA) is 162 Å². The highest BCUT2D eigenvalue weighted by molar-refractivity contribution is 6.02. The van der Waals surface area contributed by atoms with E-state index in [-0.39, 0.29) is 53.2 Å². The lowest BCUT2D eigenvalue weighted by Crippen LogP contribution is -2.56. The minimum Gasteiger partial charge on any atom is -0.508 e. The highest BCUT2D eigenvalue weighted by Gasteiger charge is 2.44. The molecule has 0 spiro atoms. The third kappa shape index (κ3) is 4.94. The number of aryl methyl sites for hydroxylation is 1. The van der Waals surface area contributed by atoms with Gasteiger partial charge in [0.15, 0.2) is 11.5 Å². The molecule has 2 aliphatic heterocycles. The molecule has 14 nitrogen and oxygen atoms in total. The molecule has 2 bridgehead atoms. The minimum atomic E-state index is -0.738. The zero-order valence-electron chi connectivity index (χ0n) is 25.3. The summed E-state index contributed by atoms with van der Waals surface area (Å²) in [5.41, 5.74) is 0.934. The van der Waals surface area contributed by atoms with Crippen LogP contribution in [-0.2, 0) is 18.4 Å². The summed E-state index contributed by atoms with van der Waals surface area (Å²) in [6.07, 6.45) is 9.35. The van der Waals surface area contributed by atoms with Crippen molar-refractivity contribution in [3.05, 3.63) is 70.0 Å². The van der Waals surface area contributed by atoms with Crippen LogP contribution in [0, 0.1) is 28.3 Å². The highest BCUT2D eigenvalue weighted by Crippen LogP contribution is 2.40. The van der Waals surface area contributed by atoms with Gasteiger partial charge in [-0.1, -0.05) is 18.1 Å². The third-order valence-electron chi connectivity index (χ3n) is 8.73. The number of nitrogens with zero attached hydrogens (tertiary/aromatic N) is 8. The Morgan fingerprint density at radius 2 is 1.98 bits per heavy atom. The van der Waals surface area contributed by atoms with Crippen molar-refractivity contribution in [2.24, 2.45) is 7.05 Å². The SMILES string of the molecule is C#Cc1cccc2cc(O)cc(-c3ncc4c(N5CC6CCC(C5)N6C(=O)OCc5c([N+](=O)[O-])ncn5C)nc(OC)nc4c3F)c12. The van der Waals surface area contributed by atoms with Gasteiger partial charge in [0.25, 0.3) is 0 Å². The van der Waals surface area contributed by atoms with Crippen LogP contribution >= 0.6 is 0 Å². The summed E-state index contributed by atoms with van der Waals surface area (Å²) in [4.78, 5) is 44.7. The van der Waals surface area contributed by atoms with E-state index in [1.54, 1.807) is 36.2 Å². The minimum absolute atomic E-state index is 0.0292. The molecule has 238 valence electrons. The van der Waals surface area contributed by atoms with Crippen molar-refractivity contribution < 1.29 is 28.7 Å². The highest BCUT2D eigenvalue weighted by atomic mass is 19.1. The molecule has 15 heteroatoms. The lowest BCUT2D eigenvalue weighted by Gasteiger charge is -2.41. The first-order chi connectivity index (χ1) is 22.7. The van der Waals surface area contributed by atoms with E-state index in [2.05, 4.69) is 25.9 Å². The number of anilines is 1. The number of hydrogen-bond donors (Lipinski definition) is 1. The lowest BCUT2D eigenvalue weighted by atomic mass is 9.96. The molecule has 0 saturated carbocycles. The molecule has 7 rings (SSSR count). The normalized spacial score (nSPS) is 17.2. The van der Waals surface area contributed by atoms with Crippen LogP contribution in [0.4, 0.5) is 20.8 Å². The van der Waals surface area contributed by atoms with Crippen LogP contribution < -0.4 is 9.64 Å². The summed E-state index contributed by atoms with van der Waals surface area (Å²) in [5.74, 6) is 1.84. The Kier molecular flexibility index (Phi) is 7.19. The Hall–Kier alpha value is -6.04. The third-order valence-corrected chi connectivity index (χ3v) is 8.73. The smallest absolute Gasteiger partial charge is 0.410 e. The standard InChI is InChI=1S/C32H27FN8O6/c1-4-17-6-5-7-18-10-21(42)11-22(25(17)18)27-26(33)28-23(12-34-27)29(37-31(36-28)46-3)39-13-19-8-9-20(14-39)40(19)32(43)47-15-24-30(41(44)45)35-16-38(24)2/h1,5-7,10-12,16,19-20,42H,8-9,13-15H2,2-3H3. The molecular weight excluding hydrogens is 611 g/mol. The number of carbonyl (C=O) groups is 1. The Morgan fingerprint density at radius 1 is 1.21 bits per heavy atom. The first-order valence-corrected chi connectivity index (χ1v) is 14.7. The number of terminal acetylenes is 1. The molecule has 0 aliphatic carbocycles. The molecule has 2 aromatic carbocycles. The van der Waals surface area contributed by atoms with E-state index < -0.39 is 16.8 Å². The second-order valence-electron chi connectivity index (χ2n) is 11.4. The van der Waals surface area contributed by atoms with Crippen LogP contribution in [0.25, 0.3) is 32.9 Å². The maximum Gasteiger partial charge on any atom is 0.410 e. The van der Waals surface area contributed by atoms with Crippen molar-refractivity contribution in [1.82, 2.24) is 29.4 Å². The Balaban J connectivity index is 1.21. The van der Waals surface area contributed by atoms with Crippen LogP contribution in [-0.4, -0.2) is 77.8 Å². The number of pyridine rings is 1. The fourth-order valence-corrected chi connectivity index (χ4v) is 6.60. The fraction of sp³-hybridized carbons (Fsp3) is 0.281. The maximum absolute atomic E-state index is 16.5. The summed E-state index contributed by atoms with van der Waals surface area (Å²) < 4.78 is 28.8. The molecule has 5 heterocycles. The number of carbonyl (C=O) groups excluding carboxylic acids is 1. The summed E-state index contributed by atoms with van der Waals surface area (Å²) >= 11 is 0. The average molecular weight is 639 g/mol. The number of imidazole rings is 1. The van der Waals surface area contributed by atoms with Crippen LogP contribution in [0.15, 0.2) is 42.9 Å². The van der Waals surface area contributed by atoms with Crippen molar-refractivity contribution in [2.75, 3.05) is 25.1 Å². The van der Waals surface area contributed by atoms with Crippen LogP contribution in [0.3, 0.4) is 0 Å². The van der Waals surface area contributed by atoms with E-state index in [0.29, 0.717) is 59.0 Å². The molecule has 1 N–H and O–H groups in total. The molecule has 5 aromatic rings. The quantitative estimate of drug-likeness (QED) is 0.160. The summed E-state index contributed by atoms with van der Waals surface area (Å²) in [6.45, 7) is 0.418. The number of amides is 1. The largest absolute Gasteiger partial charge is 0.508 e. The van der Waals surface area contributed by atoms with Crippen LogP contribution in [0.2, 0.25) is 0 Å². The van der Waals surface area contributed by atoms with Gasteiger partial charge in [-0.3, -0.25) is 9.88 Å². The molecule has 2 aliphatic rings. The number of methoxy groups -OCH3 is 1. The number of phenols is 1. The van der Waals surface area contributed by atoms with Crippen molar-refractivity contribution in [3.63, 3.8) is 0 Å². The molecule has 2 saturated heterocycles. The van der Waals surface area contributed by atoms with Gasteiger partial charge in [0.1, 0.15) is 29.4 Å². The number of halogens is 1. The summed E-state index contributed by atoms with van der Waals surface area (Å²) in [6, 6.07) is 7.67. The number of rotatable bonds is 6. The zero-order chi connectivity index (χ0) is 33.0. The Bertz CT molecular complexity index is 2130. The van der Waals surface area contributed by atoms with Crippen molar-refractivity contribution in [1.29, 1.82) is 0 Å². The van der Waals surface area contributed by atoms with E-state index in [1.807, 2.05) is 4.90 Å². The first-order valence-electron chi connectivity index (χ1n) is 14.7. The van der Waals surface area contributed by atoms with E-state index in [9.17, 15) is 20.0 Å². The molecular formula is C32H27FN8O6. The Labute approximate surface area is 266 Å². The van der Waals surface area contributed by atoms with Gasteiger partial charge < -0.3 is 34.2 Å². The van der Waals surface area contributed by atoms with Crippen LogP contribution in [0.5, 0.6) is 11.8 Å². The zero-order valence-corrected chi connectivity index (χ0v) is 25.3. The molecule has 47 heavy (non-hydrogen) atoms. The molecule has 0 radical (unpaired) electrons. The van der Waals surface area contributed by atoms with Gasteiger partial charge in [0.05, 0.1) is 24.6 Å². The Morgan fingerprint density at radius 3 is 2.68 bits per heavy atom. The van der Waals surface area contributed by atoms with Gasteiger partial charge in [-0.2, -0.15) is 9.97 Å². The molecule has 2 atom stereocenters. The number of benzene rings is 2. The number of phenolic OH excluding ortho intramolecular Hbond substituents is 1. The van der Waals surface area contributed by atoms with Crippen LogP contribution in [0.1, 0.15) is 24.1 Å². The molecule has 3 aromatic heterocycles. The number of aromatic nitrogens is 5. The number of fused-ring (bicyclic) bond motifs is 4. The van der Waals surface area contributed by atoms with Gasteiger partial charge >= 0.3 is 17.9 Å². The average Bonchev–Trinajstić information content (AvgIpc) is 3.57. The van der Waals surface area contributed by atoms with Crippen molar-refractivity contribution in [2.45, 2.75) is 31.5 Å². The fourth-order valence-electron chi connectivity index (χ4n) is 6.60. The number of ether oxygens (including phenoxy) is 2. The number of aromatic hydroxyl groups is 1. The first kappa shape index (κ1) is 29.7. The molecule has 2 unspecified atom stereocenters. The molecule has 2 fully saturated rings. The number of hydrogen-bond acceptors (Lipinski definition) is 11. The second-order valence-corrected chi connectivity index (χ2v) is 11.4. The second kappa shape index (κ2) is 11.4. The van der Waals surface area contributed by atoms with Crippen molar-refractivity contribution in [3.8, 4) is 35.4 Å².